The van der Waals surface area contributed by atoms with Gasteiger partial charge in [0.1, 0.15) is 5.76 Å². The number of amides is 1. The molecule has 1 amide bonds. The summed E-state index contributed by atoms with van der Waals surface area (Å²) in [6, 6.07) is 9.75. The van der Waals surface area contributed by atoms with Crippen molar-refractivity contribution >= 4 is 17.5 Å². The number of piperazine rings is 1. The molecule has 1 aromatic carbocycles. The summed E-state index contributed by atoms with van der Waals surface area (Å²) in [7, 11) is 0. The second-order valence-electron chi connectivity index (χ2n) is 6.59. The SMILES string of the molecule is O=C(c1cc(C2CC2)on1)N1CCN(Cc2cccc(Cl)c2)CC1. The maximum Gasteiger partial charge on any atom is 0.276 e. The number of halogens is 1. The van der Waals surface area contributed by atoms with Gasteiger partial charge < -0.3 is 9.42 Å². The molecule has 2 fully saturated rings. The van der Waals surface area contributed by atoms with Crippen molar-refractivity contribution in [3.05, 3.63) is 52.4 Å². The third-order valence-electron chi connectivity index (χ3n) is 4.68. The summed E-state index contributed by atoms with van der Waals surface area (Å²) in [6.45, 7) is 3.99. The molecule has 0 atom stereocenters. The number of benzene rings is 1. The molecular weight excluding hydrogens is 326 g/mol. The quantitative estimate of drug-likeness (QED) is 0.854. The Morgan fingerprint density at radius 2 is 2.00 bits per heavy atom. The lowest BCUT2D eigenvalue weighted by atomic mass is 10.2. The zero-order valence-corrected chi connectivity index (χ0v) is 14.2. The van der Waals surface area contributed by atoms with E-state index in [0.717, 1.165) is 43.3 Å². The Morgan fingerprint density at radius 3 is 2.71 bits per heavy atom. The highest BCUT2D eigenvalue weighted by Gasteiger charge is 2.30. The standard InChI is InChI=1S/C18H20ClN3O2/c19-15-3-1-2-13(10-15)12-21-6-8-22(9-7-21)18(23)16-11-17(24-20-16)14-4-5-14/h1-3,10-11,14H,4-9,12H2. The third-order valence-corrected chi connectivity index (χ3v) is 4.92. The Balaban J connectivity index is 1.32. The summed E-state index contributed by atoms with van der Waals surface area (Å²) in [5, 5.41) is 4.72. The molecule has 6 heteroatoms. The van der Waals surface area contributed by atoms with Crippen LogP contribution in [0.25, 0.3) is 0 Å². The highest BCUT2D eigenvalue weighted by Crippen LogP contribution is 2.40. The summed E-state index contributed by atoms with van der Waals surface area (Å²) in [4.78, 5) is 16.7. The Hall–Kier alpha value is -1.85. The van der Waals surface area contributed by atoms with E-state index >= 15 is 0 Å². The van der Waals surface area contributed by atoms with Gasteiger partial charge in [0.05, 0.1) is 0 Å². The van der Waals surface area contributed by atoms with E-state index in [0.29, 0.717) is 24.7 Å². The van der Waals surface area contributed by atoms with Crippen LogP contribution in [-0.4, -0.2) is 47.0 Å². The molecule has 4 rings (SSSR count). The van der Waals surface area contributed by atoms with Crippen LogP contribution in [0, 0.1) is 0 Å². The van der Waals surface area contributed by atoms with Gasteiger partial charge in [-0.1, -0.05) is 28.9 Å². The van der Waals surface area contributed by atoms with Crippen LogP contribution in [0.2, 0.25) is 5.02 Å². The van der Waals surface area contributed by atoms with Gasteiger partial charge in [0.2, 0.25) is 0 Å². The minimum atomic E-state index is -0.0203. The molecule has 24 heavy (non-hydrogen) atoms. The van der Waals surface area contributed by atoms with Crippen LogP contribution in [-0.2, 0) is 6.54 Å². The first-order valence-corrected chi connectivity index (χ1v) is 8.79. The van der Waals surface area contributed by atoms with Crippen molar-refractivity contribution in [2.45, 2.75) is 25.3 Å². The molecule has 126 valence electrons. The van der Waals surface area contributed by atoms with E-state index in [4.69, 9.17) is 16.1 Å². The van der Waals surface area contributed by atoms with E-state index < -0.39 is 0 Å². The number of carbonyl (C=O) groups is 1. The number of nitrogens with zero attached hydrogens (tertiary/aromatic N) is 3. The van der Waals surface area contributed by atoms with Gasteiger partial charge in [0, 0.05) is 49.7 Å². The Morgan fingerprint density at radius 1 is 1.21 bits per heavy atom. The summed E-state index contributed by atoms with van der Waals surface area (Å²) in [6.07, 6.45) is 2.29. The normalized spacial score (nSPS) is 18.8. The molecule has 0 N–H and O–H groups in total. The summed E-state index contributed by atoms with van der Waals surface area (Å²) < 4.78 is 5.29. The van der Waals surface area contributed by atoms with Crippen molar-refractivity contribution in [3.63, 3.8) is 0 Å². The van der Waals surface area contributed by atoms with E-state index in [2.05, 4.69) is 16.1 Å². The summed E-state index contributed by atoms with van der Waals surface area (Å²) in [5.41, 5.74) is 1.65. The molecule has 1 aromatic heterocycles. The number of hydrogen-bond acceptors (Lipinski definition) is 4. The van der Waals surface area contributed by atoms with Crippen molar-refractivity contribution in [3.8, 4) is 0 Å². The van der Waals surface area contributed by atoms with Crippen LogP contribution in [0.5, 0.6) is 0 Å². The molecule has 2 aliphatic rings. The first-order valence-electron chi connectivity index (χ1n) is 8.42. The van der Waals surface area contributed by atoms with Gasteiger partial charge in [-0.2, -0.15) is 0 Å². The second-order valence-corrected chi connectivity index (χ2v) is 7.02. The van der Waals surface area contributed by atoms with Crippen LogP contribution in [0.3, 0.4) is 0 Å². The van der Waals surface area contributed by atoms with Crippen LogP contribution in [0.4, 0.5) is 0 Å². The predicted molar refractivity (Wildman–Crippen MR) is 91.1 cm³/mol. The van der Waals surface area contributed by atoms with E-state index in [1.807, 2.05) is 29.2 Å². The largest absolute Gasteiger partial charge is 0.360 e. The van der Waals surface area contributed by atoms with Crippen molar-refractivity contribution < 1.29 is 9.32 Å². The first-order chi connectivity index (χ1) is 11.7. The maximum absolute atomic E-state index is 12.5. The fraction of sp³-hybridized carbons (Fsp3) is 0.444. The number of carbonyl (C=O) groups excluding carboxylic acids is 1. The molecule has 1 aliphatic heterocycles. The number of rotatable bonds is 4. The molecule has 0 spiro atoms. The van der Waals surface area contributed by atoms with Crippen molar-refractivity contribution in [1.29, 1.82) is 0 Å². The van der Waals surface area contributed by atoms with E-state index in [9.17, 15) is 4.79 Å². The lowest BCUT2D eigenvalue weighted by Gasteiger charge is -2.34. The average Bonchev–Trinajstić information content (AvgIpc) is 3.32. The number of hydrogen-bond donors (Lipinski definition) is 0. The molecule has 0 unspecified atom stereocenters. The third kappa shape index (κ3) is 3.47. The lowest BCUT2D eigenvalue weighted by Crippen LogP contribution is -2.48. The van der Waals surface area contributed by atoms with E-state index in [-0.39, 0.29) is 5.91 Å². The van der Waals surface area contributed by atoms with E-state index in [1.54, 1.807) is 0 Å². The highest BCUT2D eigenvalue weighted by molar-refractivity contribution is 6.30. The fourth-order valence-corrected chi connectivity index (χ4v) is 3.33. The smallest absolute Gasteiger partial charge is 0.276 e. The lowest BCUT2D eigenvalue weighted by molar-refractivity contribution is 0.0618. The fourth-order valence-electron chi connectivity index (χ4n) is 3.11. The first kappa shape index (κ1) is 15.7. The highest BCUT2D eigenvalue weighted by atomic mass is 35.5. The molecular formula is C18H20ClN3O2. The topological polar surface area (TPSA) is 49.6 Å². The van der Waals surface area contributed by atoms with Gasteiger partial charge in [-0.25, -0.2) is 0 Å². The van der Waals surface area contributed by atoms with Crippen molar-refractivity contribution in [2.75, 3.05) is 26.2 Å². The monoisotopic (exact) mass is 345 g/mol. The second kappa shape index (κ2) is 6.57. The van der Waals surface area contributed by atoms with Crippen molar-refractivity contribution in [2.24, 2.45) is 0 Å². The average molecular weight is 346 g/mol. The van der Waals surface area contributed by atoms with Crippen LogP contribution in [0.15, 0.2) is 34.9 Å². The van der Waals surface area contributed by atoms with Gasteiger partial charge in [0.25, 0.3) is 5.91 Å². The van der Waals surface area contributed by atoms with Crippen LogP contribution >= 0.6 is 11.6 Å². The molecule has 1 aliphatic carbocycles. The van der Waals surface area contributed by atoms with Crippen LogP contribution < -0.4 is 0 Å². The van der Waals surface area contributed by atoms with Gasteiger partial charge >= 0.3 is 0 Å². The summed E-state index contributed by atoms with van der Waals surface area (Å²) in [5.74, 6) is 1.32. The van der Waals surface area contributed by atoms with Gasteiger partial charge in [-0.3, -0.25) is 9.69 Å². The predicted octanol–water partition coefficient (Wildman–Crippen LogP) is 3.16. The van der Waals surface area contributed by atoms with Crippen LogP contribution in [0.1, 0.15) is 40.6 Å². The Kier molecular flexibility index (Phi) is 4.29. The van der Waals surface area contributed by atoms with Gasteiger partial charge in [-0.05, 0) is 30.5 Å². The zero-order chi connectivity index (χ0) is 16.5. The number of aromatic nitrogens is 1. The zero-order valence-electron chi connectivity index (χ0n) is 13.4. The molecule has 2 aromatic rings. The Labute approximate surface area is 146 Å². The van der Waals surface area contributed by atoms with Crippen molar-refractivity contribution in [1.82, 2.24) is 15.0 Å². The molecule has 0 bridgehead atoms. The summed E-state index contributed by atoms with van der Waals surface area (Å²) >= 11 is 6.04. The maximum atomic E-state index is 12.5. The molecule has 1 saturated heterocycles. The molecule has 2 heterocycles. The van der Waals surface area contributed by atoms with Gasteiger partial charge in [-0.15, -0.1) is 0 Å². The Bertz CT molecular complexity index is 733. The minimum absolute atomic E-state index is 0.0203. The molecule has 1 saturated carbocycles. The van der Waals surface area contributed by atoms with E-state index in [1.165, 1.54) is 5.56 Å². The molecule has 5 nitrogen and oxygen atoms in total. The minimum Gasteiger partial charge on any atom is -0.360 e. The molecule has 0 radical (unpaired) electrons. The van der Waals surface area contributed by atoms with Gasteiger partial charge in [0.15, 0.2) is 5.69 Å².